The highest BCUT2D eigenvalue weighted by atomic mass is 35.5. The molecule has 4 nitrogen and oxygen atoms in total. The third kappa shape index (κ3) is 7.45. The van der Waals surface area contributed by atoms with Crippen LogP contribution in [0.4, 0.5) is 0 Å². The van der Waals surface area contributed by atoms with E-state index in [0.29, 0.717) is 13.0 Å². The van der Waals surface area contributed by atoms with Gasteiger partial charge in [0, 0.05) is 26.1 Å². The molecular formula is C16H27Cl2N3O. The summed E-state index contributed by atoms with van der Waals surface area (Å²) in [4.78, 5) is 14.1. The zero-order valence-corrected chi connectivity index (χ0v) is 14.8. The van der Waals surface area contributed by atoms with Crippen molar-refractivity contribution >= 4 is 30.7 Å². The fourth-order valence-corrected chi connectivity index (χ4v) is 2.56. The molecular weight excluding hydrogens is 321 g/mol. The van der Waals surface area contributed by atoms with Crippen molar-refractivity contribution in [2.45, 2.75) is 32.4 Å². The maximum atomic E-state index is 11.6. The Bertz CT molecular complexity index is 437. The van der Waals surface area contributed by atoms with E-state index in [9.17, 15) is 4.79 Å². The van der Waals surface area contributed by atoms with Crippen LogP contribution in [0.25, 0.3) is 0 Å². The maximum absolute atomic E-state index is 11.6. The first-order valence-electron chi connectivity index (χ1n) is 7.49. The van der Waals surface area contributed by atoms with Crippen molar-refractivity contribution in [1.82, 2.24) is 15.5 Å². The van der Waals surface area contributed by atoms with Gasteiger partial charge in [0.2, 0.25) is 5.91 Å². The van der Waals surface area contributed by atoms with Gasteiger partial charge in [-0.1, -0.05) is 24.3 Å². The molecule has 0 spiro atoms. The van der Waals surface area contributed by atoms with E-state index in [0.717, 1.165) is 13.1 Å². The predicted octanol–water partition coefficient (Wildman–Crippen LogP) is 2.35. The molecule has 126 valence electrons. The van der Waals surface area contributed by atoms with Crippen molar-refractivity contribution in [3.63, 3.8) is 0 Å². The fourth-order valence-electron chi connectivity index (χ4n) is 2.56. The normalized spacial score (nSPS) is 14.0. The number of carbonyl (C=O) groups excluding carboxylic acids is 1. The molecule has 0 bridgehead atoms. The van der Waals surface area contributed by atoms with E-state index in [1.165, 1.54) is 37.1 Å². The summed E-state index contributed by atoms with van der Waals surface area (Å²) in [6, 6.07) is 8.54. The Labute approximate surface area is 145 Å². The molecule has 1 aromatic rings. The minimum atomic E-state index is 0. The zero-order chi connectivity index (χ0) is 14.2. The molecule has 0 saturated carbocycles. The summed E-state index contributed by atoms with van der Waals surface area (Å²) < 4.78 is 0. The number of nitrogens with one attached hydrogen (secondary N) is 2. The highest BCUT2D eigenvalue weighted by Crippen LogP contribution is 2.13. The van der Waals surface area contributed by atoms with Gasteiger partial charge in [-0.2, -0.15) is 0 Å². The standard InChI is InChI=1S/C16H25N3O.2ClH/c1-17-8-7-16(20)18-12-14-5-4-6-15(11-14)13-19-9-2-3-10-19;;/h4-6,11,17H,2-3,7-10,12-13H2,1H3,(H,18,20);2*1H. The number of halogens is 2. The third-order valence-electron chi connectivity index (χ3n) is 3.69. The van der Waals surface area contributed by atoms with E-state index in [2.05, 4.69) is 39.8 Å². The molecule has 1 aliphatic rings. The summed E-state index contributed by atoms with van der Waals surface area (Å²) in [6.45, 7) is 4.80. The molecule has 1 aromatic carbocycles. The van der Waals surface area contributed by atoms with E-state index >= 15 is 0 Å². The zero-order valence-electron chi connectivity index (χ0n) is 13.1. The largest absolute Gasteiger partial charge is 0.352 e. The van der Waals surface area contributed by atoms with E-state index < -0.39 is 0 Å². The van der Waals surface area contributed by atoms with Crippen molar-refractivity contribution in [3.8, 4) is 0 Å². The monoisotopic (exact) mass is 347 g/mol. The summed E-state index contributed by atoms with van der Waals surface area (Å²) in [5.74, 6) is 0.101. The van der Waals surface area contributed by atoms with Gasteiger partial charge < -0.3 is 10.6 Å². The number of benzene rings is 1. The molecule has 0 radical (unpaired) electrons. The average molecular weight is 348 g/mol. The Hall–Kier alpha value is -0.810. The second-order valence-electron chi connectivity index (χ2n) is 5.43. The highest BCUT2D eigenvalue weighted by molar-refractivity contribution is 5.85. The predicted molar refractivity (Wildman–Crippen MR) is 95.8 cm³/mol. The lowest BCUT2D eigenvalue weighted by Gasteiger charge is -2.15. The van der Waals surface area contributed by atoms with Gasteiger partial charge in [0.1, 0.15) is 0 Å². The number of nitrogens with zero attached hydrogens (tertiary/aromatic N) is 1. The van der Waals surface area contributed by atoms with Crippen LogP contribution in [0.15, 0.2) is 24.3 Å². The Morgan fingerprint density at radius 2 is 1.86 bits per heavy atom. The van der Waals surface area contributed by atoms with Crippen molar-refractivity contribution in [3.05, 3.63) is 35.4 Å². The summed E-state index contributed by atoms with van der Waals surface area (Å²) in [5.41, 5.74) is 2.52. The highest BCUT2D eigenvalue weighted by Gasteiger charge is 2.11. The summed E-state index contributed by atoms with van der Waals surface area (Å²) in [6.07, 6.45) is 3.17. The van der Waals surface area contributed by atoms with E-state index in [1.54, 1.807) is 0 Å². The summed E-state index contributed by atoms with van der Waals surface area (Å²) in [5, 5.41) is 5.94. The van der Waals surface area contributed by atoms with Crippen LogP contribution in [-0.4, -0.2) is 37.5 Å². The SMILES string of the molecule is CNCCC(=O)NCc1cccc(CN2CCCC2)c1.Cl.Cl. The number of rotatable bonds is 7. The molecule has 1 saturated heterocycles. The number of likely N-dealkylation sites (tertiary alicyclic amines) is 1. The van der Waals surface area contributed by atoms with Gasteiger partial charge in [-0.25, -0.2) is 0 Å². The first-order valence-corrected chi connectivity index (χ1v) is 7.49. The van der Waals surface area contributed by atoms with Gasteiger partial charge in [0.15, 0.2) is 0 Å². The van der Waals surface area contributed by atoms with Gasteiger partial charge >= 0.3 is 0 Å². The smallest absolute Gasteiger partial charge is 0.221 e. The molecule has 2 rings (SSSR count). The van der Waals surface area contributed by atoms with Crippen molar-refractivity contribution < 1.29 is 4.79 Å². The van der Waals surface area contributed by atoms with Gasteiger partial charge in [-0.3, -0.25) is 9.69 Å². The van der Waals surface area contributed by atoms with Crippen LogP contribution in [0.1, 0.15) is 30.4 Å². The molecule has 0 unspecified atom stereocenters. The van der Waals surface area contributed by atoms with Crippen molar-refractivity contribution in [1.29, 1.82) is 0 Å². The lowest BCUT2D eigenvalue weighted by Crippen LogP contribution is -2.26. The Morgan fingerprint density at radius 1 is 1.18 bits per heavy atom. The molecule has 0 aliphatic carbocycles. The minimum Gasteiger partial charge on any atom is -0.352 e. The van der Waals surface area contributed by atoms with Crippen molar-refractivity contribution in [2.24, 2.45) is 0 Å². The van der Waals surface area contributed by atoms with Crippen LogP contribution in [0.2, 0.25) is 0 Å². The number of carbonyl (C=O) groups is 1. The van der Waals surface area contributed by atoms with Crippen LogP contribution in [0.3, 0.4) is 0 Å². The topological polar surface area (TPSA) is 44.4 Å². The number of hydrogen-bond donors (Lipinski definition) is 2. The number of amides is 1. The van der Waals surface area contributed by atoms with E-state index in [4.69, 9.17) is 0 Å². The molecule has 1 amide bonds. The molecule has 0 aromatic heterocycles. The molecule has 1 aliphatic heterocycles. The molecule has 22 heavy (non-hydrogen) atoms. The average Bonchev–Trinajstić information content (AvgIpc) is 2.96. The molecule has 6 heteroatoms. The lowest BCUT2D eigenvalue weighted by atomic mass is 10.1. The Morgan fingerprint density at radius 3 is 2.55 bits per heavy atom. The number of hydrogen-bond acceptors (Lipinski definition) is 3. The fraction of sp³-hybridized carbons (Fsp3) is 0.562. The van der Waals surface area contributed by atoms with Crippen LogP contribution < -0.4 is 10.6 Å². The van der Waals surface area contributed by atoms with Crippen LogP contribution in [0, 0.1) is 0 Å². The summed E-state index contributed by atoms with van der Waals surface area (Å²) in [7, 11) is 1.86. The first-order chi connectivity index (χ1) is 9.78. The third-order valence-corrected chi connectivity index (χ3v) is 3.69. The van der Waals surface area contributed by atoms with Gasteiger partial charge in [-0.05, 0) is 44.1 Å². The first kappa shape index (κ1) is 21.2. The lowest BCUT2D eigenvalue weighted by molar-refractivity contribution is -0.121. The molecule has 0 atom stereocenters. The van der Waals surface area contributed by atoms with Crippen LogP contribution in [0.5, 0.6) is 0 Å². The van der Waals surface area contributed by atoms with E-state index in [-0.39, 0.29) is 30.7 Å². The van der Waals surface area contributed by atoms with Gasteiger partial charge in [0.25, 0.3) is 0 Å². The quantitative estimate of drug-likeness (QED) is 0.795. The van der Waals surface area contributed by atoms with Gasteiger partial charge in [0.05, 0.1) is 0 Å². The molecule has 1 heterocycles. The molecule has 1 fully saturated rings. The van der Waals surface area contributed by atoms with Gasteiger partial charge in [-0.15, -0.1) is 24.8 Å². The Kier molecular flexibility index (Phi) is 11.3. The molecule has 2 N–H and O–H groups in total. The second-order valence-corrected chi connectivity index (χ2v) is 5.43. The van der Waals surface area contributed by atoms with Crippen LogP contribution >= 0.6 is 24.8 Å². The van der Waals surface area contributed by atoms with Crippen LogP contribution in [-0.2, 0) is 17.9 Å². The minimum absolute atomic E-state index is 0. The maximum Gasteiger partial charge on any atom is 0.221 e. The van der Waals surface area contributed by atoms with E-state index in [1.807, 2.05) is 7.05 Å². The van der Waals surface area contributed by atoms with Crippen molar-refractivity contribution in [2.75, 3.05) is 26.7 Å². The Balaban J connectivity index is 0.00000220. The summed E-state index contributed by atoms with van der Waals surface area (Å²) >= 11 is 0. The second kappa shape index (κ2) is 11.7.